The number of nitrogens with two attached hydrogens (primary N) is 1. The third-order valence-electron chi connectivity index (χ3n) is 2.96. The van der Waals surface area contributed by atoms with E-state index in [1.807, 2.05) is 0 Å². The van der Waals surface area contributed by atoms with Gasteiger partial charge in [-0.1, -0.05) is 12.1 Å². The Labute approximate surface area is 122 Å². The lowest BCUT2D eigenvalue weighted by atomic mass is 10.2. The van der Waals surface area contributed by atoms with E-state index in [1.165, 1.54) is 23.5 Å². The van der Waals surface area contributed by atoms with Gasteiger partial charge in [0.2, 0.25) is 0 Å². The maximum atomic E-state index is 12.3. The summed E-state index contributed by atoms with van der Waals surface area (Å²) in [5.74, 6) is 0.524. The van der Waals surface area contributed by atoms with Crippen molar-refractivity contribution in [1.29, 1.82) is 0 Å². The van der Waals surface area contributed by atoms with Crippen molar-refractivity contribution in [3.8, 4) is 11.3 Å². The summed E-state index contributed by atoms with van der Waals surface area (Å²) in [4.78, 5) is 4.68. The summed E-state index contributed by atoms with van der Waals surface area (Å²) < 4.78 is 36.8. The van der Waals surface area contributed by atoms with Gasteiger partial charge in [-0.15, -0.1) is 11.3 Å². The molecule has 3 rings (SSSR count). The zero-order chi connectivity index (χ0) is 14.3. The summed E-state index contributed by atoms with van der Waals surface area (Å²) in [6.07, 6.45) is 2.29. The maximum Gasteiger partial charge on any atom is 0.446 e. The summed E-state index contributed by atoms with van der Waals surface area (Å²) in [5, 5.41) is 1.66. The summed E-state index contributed by atoms with van der Waals surface area (Å²) in [6.45, 7) is 0. The molecule has 20 heavy (non-hydrogen) atoms. The lowest BCUT2D eigenvalue weighted by Crippen LogP contribution is -1.98. The van der Waals surface area contributed by atoms with E-state index in [2.05, 4.69) is 4.98 Å². The van der Waals surface area contributed by atoms with Crippen LogP contribution in [0, 0.1) is 0 Å². The van der Waals surface area contributed by atoms with Gasteiger partial charge in [0, 0.05) is 16.4 Å². The van der Waals surface area contributed by atoms with E-state index < -0.39 is 5.51 Å². The van der Waals surface area contributed by atoms with Crippen molar-refractivity contribution in [3.05, 3.63) is 29.3 Å². The van der Waals surface area contributed by atoms with E-state index in [9.17, 15) is 13.2 Å². The van der Waals surface area contributed by atoms with Gasteiger partial charge in [-0.3, -0.25) is 0 Å². The Bertz CT molecular complexity index is 616. The second-order valence-corrected chi connectivity index (χ2v) is 6.81. The Balaban J connectivity index is 1.83. The van der Waals surface area contributed by atoms with Crippen LogP contribution in [0.4, 0.5) is 18.2 Å². The highest BCUT2D eigenvalue weighted by atomic mass is 32.2. The predicted molar refractivity (Wildman–Crippen MR) is 75.8 cm³/mol. The third kappa shape index (κ3) is 3.09. The van der Waals surface area contributed by atoms with Crippen molar-refractivity contribution < 1.29 is 13.2 Å². The second-order valence-electron chi connectivity index (χ2n) is 4.61. The summed E-state index contributed by atoms with van der Waals surface area (Å²) >= 11 is 1.36. The highest BCUT2D eigenvalue weighted by molar-refractivity contribution is 8.00. The first kappa shape index (κ1) is 13.8. The number of anilines is 1. The predicted octanol–water partition coefficient (Wildman–Crippen LogP) is 4.88. The van der Waals surface area contributed by atoms with Gasteiger partial charge in [0.25, 0.3) is 0 Å². The van der Waals surface area contributed by atoms with Crippen LogP contribution in [0.2, 0.25) is 0 Å². The van der Waals surface area contributed by atoms with Crippen molar-refractivity contribution in [2.45, 2.75) is 29.2 Å². The van der Waals surface area contributed by atoms with Gasteiger partial charge in [-0.25, -0.2) is 4.98 Å². The van der Waals surface area contributed by atoms with Crippen LogP contribution in [0.25, 0.3) is 11.3 Å². The molecule has 1 aliphatic rings. The van der Waals surface area contributed by atoms with Gasteiger partial charge < -0.3 is 5.73 Å². The van der Waals surface area contributed by atoms with E-state index >= 15 is 0 Å². The summed E-state index contributed by atoms with van der Waals surface area (Å²) in [5.41, 5.74) is 3.13. The number of aromatic nitrogens is 1. The molecule has 1 fully saturated rings. The number of rotatable bonds is 3. The highest BCUT2D eigenvalue weighted by Gasteiger charge is 2.30. The fourth-order valence-electron chi connectivity index (χ4n) is 1.88. The number of hydrogen-bond donors (Lipinski definition) is 1. The SMILES string of the molecule is Nc1sc(C2CC2)nc1-c1ccc(SC(F)(F)F)cc1. The molecule has 0 unspecified atom stereocenters. The van der Waals surface area contributed by atoms with Gasteiger partial charge in [0.15, 0.2) is 0 Å². The largest absolute Gasteiger partial charge is 0.446 e. The van der Waals surface area contributed by atoms with Gasteiger partial charge in [-0.2, -0.15) is 13.2 Å². The normalized spacial score (nSPS) is 15.6. The Morgan fingerprint density at radius 3 is 2.40 bits per heavy atom. The number of halogens is 3. The molecule has 0 atom stereocenters. The van der Waals surface area contributed by atoms with Crippen LogP contribution in [0.15, 0.2) is 29.2 Å². The molecule has 1 aromatic heterocycles. The highest BCUT2D eigenvalue weighted by Crippen LogP contribution is 2.45. The number of thiazole rings is 1. The molecular weight excluding hydrogens is 305 g/mol. The average molecular weight is 316 g/mol. The quantitative estimate of drug-likeness (QED) is 0.820. The Kier molecular flexibility index (Phi) is 3.41. The molecule has 0 radical (unpaired) electrons. The smallest absolute Gasteiger partial charge is 0.389 e. The molecule has 2 nitrogen and oxygen atoms in total. The molecule has 7 heteroatoms. The van der Waals surface area contributed by atoms with E-state index in [0.29, 0.717) is 16.6 Å². The third-order valence-corrected chi connectivity index (χ3v) is 4.74. The van der Waals surface area contributed by atoms with Gasteiger partial charge in [0.05, 0.1) is 5.01 Å². The van der Waals surface area contributed by atoms with E-state index in [0.717, 1.165) is 23.4 Å². The molecule has 0 spiro atoms. The Morgan fingerprint density at radius 2 is 1.85 bits per heavy atom. The topological polar surface area (TPSA) is 38.9 Å². The van der Waals surface area contributed by atoms with Crippen molar-refractivity contribution in [3.63, 3.8) is 0 Å². The van der Waals surface area contributed by atoms with Crippen molar-refractivity contribution >= 4 is 28.1 Å². The molecule has 0 bridgehead atoms. The first-order chi connectivity index (χ1) is 9.42. The van der Waals surface area contributed by atoms with Crippen LogP contribution >= 0.6 is 23.1 Å². The minimum atomic E-state index is -4.26. The van der Waals surface area contributed by atoms with Crippen LogP contribution in [0.1, 0.15) is 23.8 Å². The number of alkyl halides is 3. The van der Waals surface area contributed by atoms with Crippen LogP contribution in [-0.2, 0) is 0 Å². The second kappa shape index (κ2) is 4.96. The van der Waals surface area contributed by atoms with Crippen LogP contribution in [0.3, 0.4) is 0 Å². The molecule has 106 valence electrons. The first-order valence-corrected chi connectivity index (χ1v) is 7.68. The standard InChI is InChI=1S/C13H11F3N2S2/c14-13(15,16)20-9-5-3-7(4-6-9)10-11(17)19-12(18-10)8-1-2-8/h3-6,8H,1-2,17H2. The zero-order valence-corrected chi connectivity index (χ0v) is 11.9. The van der Waals surface area contributed by atoms with Crippen molar-refractivity contribution in [2.24, 2.45) is 0 Å². The molecule has 1 aromatic carbocycles. The number of nitrogens with zero attached hydrogens (tertiary/aromatic N) is 1. The molecule has 0 aliphatic heterocycles. The van der Waals surface area contributed by atoms with E-state index in [-0.39, 0.29) is 16.7 Å². The first-order valence-electron chi connectivity index (χ1n) is 6.05. The van der Waals surface area contributed by atoms with Crippen molar-refractivity contribution in [2.75, 3.05) is 5.73 Å². The molecule has 1 heterocycles. The lowest BCUT2D eigenvalue weighted by molar-refractivity contribution is -0.0328. The van der Waals surface area contributed by atoms with Crippen LogP contribution in [-0.4, -0.2) is 10.5 Å². The van der Waals surface area contributed by atoms with Crippen LogP contribution < -0.4 is 5.73 Å². The fraction of sp³-hybridized carbons (Fsp3) is 0.308. The Hall–Kier alpha value is -1.21. The molecular formula is C13H11F3N2S2. The number of benzene rings is 1. The van der Waals surface area contributed by atoms with Crippen LogP contribution in [0.5, 0.6) is 0 Å². The minimum Gasteiger partial charge on any atom is -0.389 e. The Morgan fingerprint density at radius 1 is 1.20 bits per heavy atom. The maximum absolute atomic E-state index is 12.3. The average Bonchev–Trinajstić information content (AvgIpc) is 3.12. The molecule has 1 saturated carbocycles. The van der Waals surface area contributed by atoms with Gasteiger partial charge in [-0.05, 0) is 36.7 Å². The van der Waals surface area contributed by atoms with E-state index in [4.69, 9.17) is 5.73 Å². The lowest BCUT2D eigenvalue weighted by Gasteiger charge is -2.06. The van der Waals surface area contributed by atoms with Crippen molar-refractivity contribution in [1.82, 2.24) is 4.98 Å². The summed E-state index contributed by atoms with van der Waals surface area (Å²) in [7, 11) is 0. The summed E-state index contributed by atoms with van der Waals surface area (Å²) in [6, 6.07) is 6.17. The monoisotopic (exact) mass is 316 g/mol. The van der Waals surface area contributed by atoms with Gasteiger partial charge in [0.1, 0.15) is 10.7 Å². The number of nitrogen functional groups attached to an aromatic ring is 1. The molecule has 2 aromatic rings. The number of hydrogen-bond acceptors (Lipinski definition) is 4. The molecule has 1 aliphatic carbocycles. The van der Waals surface area contributed by atoms with Gasteiger partial charge >= 0.3 is 5.51 Å². The molecule has 2 N–H and O–H groups in total. The molecule has 0 amide bonds. The molecule has 0 saturated heterocycles. The number of thioether (sulfide) groups is 1. The fourth-order valence-corrected chi connectivity index (χ4v) is 3.44. The van der Waals surface area contributed by atoms with E-state index in [1.54, 1.807) is 12.1 Å². The minimum absolute atomic E-state index is 0.120. The zero-order valence-electron chi connectivity index (χ0n) is 10.3.